The van der Waals surface area contributed by atoms with Gasteiger partial charge in [0.15, 0.2) is 0 Å². The number of anilines is 1. The summed E-state index contributed by atoms with van der Waals surface area (Å²) in [5, 5.41) is 8.06. The molecule has 102 valence electrons. The highest BCUT2D eigenvalue weighted by Gasteiger charge is 2.10. The summed E-state index contributed by atoms with van der Waals surface area (Å²) in [6.07, 6.45) is 3.29. The predicted octanol–water partition coefficient (Wildman–Crippen LogP) is 1.58. The summed E-state index contributed by atoms with van der Waals surface area (Å²) >= 11 is 0. The first kappa shape index (κ1) is 12.3. The Hall–Kier alpha value is -2.70. The van der Waals surface area contributed by atoms with Crippen molar-refractivity contribution in [2.24, 2.45) is 0 Å². The zero-order valence-corrected chi connectivity index (χ0v) is 11.2. The molecule has 2 N–H and O–H groups in total. The first-order valence-electron chi connectivity index (χ1n) is 6.16. The van der Waals surface area contributed by atoms with Crippen LogP contribution in [0.4, 0.5) is 5.69 Å². The van der Waals surface area contributed by atoms with Crippen molar-refractivity contribution in [1.82, 2.24) is 24.9 Å². The third-order valence-corrected chi connectivity index (χ3v) is 2.76. The number of nitrogen functional groups attached to an aromatic ring is 1. The molecule has 0 aliphatic heterocycles. The molecule has 0 unspecified atom stereocenters. The lowest BCUT2D eigenvalue weighted by atomic mass is 10.2. The van der Waals surface area contributed by atoms with Gasteiger partial charge in [0.1, 0.15) is 6.54 Å². The van der Waals surface area contributed by atoms with Crippen LogP contribution in [0.1, 0.15) is 17.3 Å². The maximum absolute atomic E-state index is 5.60. The van der Waals surface area contributed by atoms with Crippen LogP contribution in [0.15, 0.2) is 29.0 Å². The Balaban J connectivity index is 1.86. The first-order chi connectivity index (χ1) is 9.60. The third kappa shape index (κ3) is 2.51. The largest absolute Gasteiger partial charge is 0.396 e. The number of hydrogen-bond acceptors (Lipinski definition) is 6. The average molecular weight is 270 g/mol. The molecule has 0 radical (unpaired) electrons. The highest BCUT2D eigenvalue weighted by Crippen LogP contribution is 2.18. The second-order valence-corrected chi connectivity index (χ2v) is 4.62. The second-order valence-electron chi connectivity index (χ2n) is 4.62. The van der Waals surface area contributed by atoms with Gasteiger partial charge in [0, 0.05) is 23.1 Å². The van der Waals surface area contributed by atoms with E-state index in [1.54, 1.807) is 17.1 Å². The Morgan fingerprint density at radius 3 is 2.60 bits per heavy atom. The molecule has 0 aromatic carbocycles. The van der Waals surface area contributed by atoms with Crippen molar-refractivity contribution in [3.8, 4) is 11.4 Å². The Morgan fingerprint density at radius 2 is 1.95 bits per heavy atom. The highest BCUT2D eigenvalue weighted by atomic mass is 16.5. The fourth-order valence-corrected chi connectivity index (χ4v) is 2.00. The summed E-state index contributed by atoms with van der Waals surface area (Å²) < 4.78 is 6.88. The van der Waals surface area contributed by atoms with Crippen LogP contribution >= 0.6 is 0 Å². The monoisotopic (exact) mass is 270 g/mol. The van der Waals surface area contributed by atoms with Gasteiger partial charge in [-0.1, -0.05) is 5.16 Å². The molecule has 3 rings (SSSR count). The summed E-state index contributed by atoms with van der Waals surface area (Å²) in [7, 11) is 0. The van der Waals surface area contributed by atoms with Crippen molar-refractivity contribution in [2.45, 2.75) is 20.4 Å². The molecule has 0 saturated heterocycles. The number of aryl methyl sites for hydroxylation is 2. The standard InChI is InChI=1S/C13H14N6O/c1-8-3-10(4-9(2)16-8)13-17-12(20-18-13)7-19-6-11(14)5-15-19/h3-6H,7,14H2,1-2H3. The highest BCUT2D eigenvalue weighted by molar-refractivity contribution is 5.55. The predicted molar refractivity (Wildman–Crippen MR) is 72.7 cm³/mol. The first-order valence-corrected chi connectivity index (χ1v) is 6.16. The normalized spacial score (nSPS) is 10.9. The fourth-order valence-electron chi connectivity index (χ4n) is 2.00. The van der Waals surface area contributed by atoms with Crippen LogP contribution in [0.3, 0.4) is 0 Å². The number of aromatic nitrogens is 5. The van der Waals surface area contributed by atoms with Crippen LogP contribution in [0, 0.1) is 13.8 Å². The van der Waals surface area contributed by atoms with Crippen molar-refractivity contribution in [2.75, 3.05) is 5.73 Å². The molecule has 20 heavy (non-hydrogen) atoms. The molecular formula is C13H14N6O. The Bertz CT molecular complexity index is 725. The molecule has 0 amide bonds. The van der Waals surface area contributed by atoms with Crippen LogP contribution in [-0.2, 0) is 6.54 Å². The van der Waals surface area contributed by atoms with E-state index in [9.17, 15) is 0 Å². The van der Waals surface area contributed by atoms with E-state index in [1.165, 1.54) is 0 Å². The number of nitrogens with two attached hydrogens (primary N) is 1. The second kappa shape index (κ2) is 4.76. The summed E-state index contributed by atoms with van der Waals surface area (Å²) in [5.41, 5.74) is 8.95. The van der Waals surface area contributed by atoms with Crippen molar-refractivity contribution >= 4 is 5.69 Å². The number of rotatable bonds is 3. The number of pyridine rings is 1. The molecule has 3 heterocycles. The SMILES string of the molecule is Cc1cc(-c2noc(Cn3cc(N)cn3)n2)cc(C)n1. The van der Waals surface area contributed by atoms with Gasteiger partial charge in [-0.3, -0.25) is 9.67 Å². The third-order valence-electron chi connectivity index (χ3n) is 2.76. The molecular weight excluding hydrogens is 256 g/mol. The van der Waals surface area contributed by atoms with Gasteiger partial charge >= 0.3 is 0 Å². The Kier molecular flexibility index (Phi) is 2.94. The van der Waals surface area contributed by atoms with Gasteiger partial charge in [0.05, 0.1) is 11.9 Å². The topological polar surface area (TPSA) is 95.7 Å². The van der Waals surface area contributed by atoms with E-state index in [1.807, 2.05) is 26.0 Å². The zero-order chi connectivity index (χ0) is 14.1. The van der Waals surface area contributed by atoms with Crippen LogP contribution in [-0.4, -0.2) is 24.9 Å². The van der Waals surface area contributed by atoms with Crippen molar-refractivity contribution < 1.29 is 4.52 Å². The molecule has 7 heteroatoms. The molecule has 0 aliphatic carbocycles. The molecule has 7 nitrogen and oxygen atoms in total. The van der Waals surface area contributed by atoms with Crippen LogP contribution in [0.2, 0.25) is 0 Å². The lowest BCUT2D eigenvalue weighted by Gasteiger charge is -1.99. The molecule has 3 aromatic rings. The lowest BCUT2D eigenvalue weighted by Crippen LogP contribution is -2.00. The van der Waals surface area contributed by atoms with Gasteiger partial charge in [-0.05, 0) is 26.0 Å². The fraction of sp³-hybridized carbons (Fsp3) is 0.231. The quantitative estimate of drug-likeness (QED) is 0.776. The molecule has 0 aliphatic rings. The minimum Gasteiger partial charge on any atom is -0.396 e. The van der Waals surface area contributed by atoms with Gasteiger partial charge in [-0.15, -0.1) is 0 Å². The van der Waals surface area contributed by atoms with Gasteiger partial charge in [0.25, 0.3) is 0 Å². The molecule has 0 spiro atoms. The van der Waals surface area contributed by atoms with Gasteiger partial charge in [0.2, 0.25) is 11.7 Å². The van der Waals surface area contributed by atoms with E-state index in [-0.39, 0.29) is 0 Å². The van der Waals surface area contributed by atoms with Crippen LogP contribution < -0.4 is 5.73 Å². The van der Waals surface area contributed by atoms with Gasteiger partial charge in [-0.25, -0.2) is 0 Å². The minimum atomic E-state index is 0.396. The van der Waals surface area contributed by atoms with Crippen LogP contribution in [0.5, 0.6) is 0 Å². The van der Waals surface area contributed by atoms with Crippen molar-refractivity contribution in [3.05, 3.63) is 41.8 Å². The molecule has 0 bridgehead atoms. The van der Waals surface area contributed by atoms with Crippen molar-refractivity contribution in [3.63, 3.8) is 0 Å². The average Bonchev–Trinajstić information content (AvgIpc) is 2.98. The maximum Gasteiger partial charge on any atom is 0.248 e. The Labute approximate surface area is 115 Å². The van der Waals surface area contributed by atoms with E-state index >= 15 is 0 Å². The number of hydrogen-bond donors (Lipinski definition) is 1. The Morgan fingerprint density at radius 1 is 1.20 bits per heavy atom. The summed E-state index contributed by atoms with van der Waals surface area (Å²) in [5.74, 6) is 1.03. The van der Waals surface area contributed by atoms with E-state index in [0.29, 0.717) is 23.9 Å². The van der Waals surface area contributed by atoms with E-state index in [0.717, 1.165) is 17.0 Å². The van der Waals surface area contributed by atoms with Gasteiger partial charge < -0.3 is 10.3 Å². The zero-order valence-electron chi connectivity index (χ0n) is 11.2. The van der Waals surface area contributed by atoms with Crippen molar-refractivity contribution in [1.29, 1.82) is 0 Å². The summed E-state index contributed by atoms with van der Waals surface area (Å²) in [6.45, 7) is 4.27. The maximum atomic E-state index is 5.60. The van der Waals surface area contributed by atoms with E-state index in [4.69, 9.17) is 10.3 Å². The molecule has 0 fully saturated rings. The van der Waals surface area contributed by atoms with Crippen LogP contribution in [0.25, 0.3) is 11.4 Å². The summed E-state index contributed by atoms with van der Waals surface area (Å²) in [6, 6.07) is 3.85. The van der Waals surface area contributed by atoms with E-state index in [2.05, 4.69) is 20.2 Å². The van der Waals surface area contributed by atoms with Gasteiger partial charge in [-0.2, -0.15) is 10.1 Å². The minimum absolute atomic E-state index is 0.396. The lowest BCUT2D eigenvalue weighted by molar-refractivity contribution is 0.366. The number of nitrogens with zero attached hydrogens (tertiary/aromatic N) is 5. The van der Waals surface area contributed by atoms with E-state index < -0.39 is 0 Å². The molecule has 3 aromatic heterocycles. The summed E-state index contributed by atoms with van der Waals surface area (Å²) in [4.78, 5) is 8.68. The molecule has 0 atom stereocenters. The molecule has 0 saturated carbocycles. The smallest absolute Gasteiger partial charge is 0.248 e.